The van der Waals surface area contributed by atoms with Crippen LogP contribution in [0.3, 0.4) is 0 Å². The fourth-order valence-electron chi connectivity index (χ4n) is 3.57. The Bertz CT molecular complexity index is 834. The Labute approximate surface area is 165 Å². The zero-order chi connectivity index (χ0) is 20.1. The van der Waals surface area contributed by atoms with Gasteiger partial charge in [-0.05, 0) is 32.4 Å². The summed E-state index contributed by atoms with van der Waals surface area (Å²) in [5, 5.41) is 19.3. The minimum atomic E-state index is -0.417. The van der Waals surface area contributed by atoms with Crippen molar-refractivity contribution in [2.75, 3.05) is 26.3 Å². The van der Waals surface area contributed by atoms with Crippen molar-refractivity contribution in [3.63, 3.8) is 0 Å². The lowest BCUT2D eigenvalue weighted by molar-refractivity contribution is -0.385. The highest BCUT2D eigenvalue weighted by Gasteiger charge is 2.27. The normalized spacial score (nSPS) is 14.0. The lowest BCUT2D eigenvalue weighted by atomic mass is 10.00. The van der Waals surface area contributed by atoms with Gasteiger partial charge in [0, 0.05) is 42.4 Å². The molecule has 2 aromatic rings. The number of hydrogen-bond donors (Lipinski definition) is 1. The summed E-state index contributed by atoms with van der Waals surface area (Å²) in [5.41, 5.74) is 3.55. The maximum absolute atomic E-state index is 11.7. The average molecular weight is 388 g/mol. The van der Waals surface area contributed by atoms with E-state index in [0.29, 0.717) is 24.5 Å². The first-order valence-electron chi connectivity index (χ1n) is 9.95. The number of ether oxygens (including phenoxy) is 2. The van der Waals surface area contributed by atoms with Gasteiger partial charge < -0.3 is 9.47 Å². The van der Waals surface area contributed by atoms with E-state index in [0.717, 1.165) is 55.8 Å². The first-order chi connectivity index (χ1) is 13.6. The van der Waals surface area contributed by atoms with Gasteiger partial charge in [0.05, 0.1) is 23.8 Å². The number of hydrogen-bond acceptors (Lipinski definition) is 6. The summed E-state index contributed by atoms with van der Waals surface area (Å²) in [4.78, 5) is 13.7. The second kappa shape index (κ2) is 9.05. The molecule has 1 aliphatic rings. The summed E-state index contributed by atoms with van der Waals surface area (Å²) < 4.78 is 11.4. The third-order valence-electron chi connectivity index (χ3n) is 4.81. The number of nitro benzene ring substituents is 1. The van der Waals surface area contributed by atoms with Crippen molar-refractivity contribution < 1.29 is 14.4 Å². The van der Waals surface area contributed by atoms with Crippen LogP contribution in [-0.4, -0.2) is 46.3 Å². The van der Waals surface area contributed by atoms with Gasteiger partial charge in [0.15, 0.2) is 5.75 Å². The van der Waals surface area contributed by atoms with Crippen LogP contribution < -0.4 is 9.47 Å². The van der Waals surface area contributed by atoms with E-state index in [9.17, 15) is 10.1 Å². The van der Waals surface area contributed by atoms with E-state index < -0.39 is 4.92 Å². The zero-order valence-electron chi connectivity index (χ0n) is 16.8. The Hall–Kier alpha value is -2.61. The van der Waals surface area contributed by atoms with Gasteiger partial charge in [-0.3, -0.25) is 20.1 Å². The highest BCUT2D eigenvalue weighted by Crippen LogP contribution is 2.42. The summed E-state index contributed by atoms with van der Waals surface area (Å²) in [7, 11) is 0. The van der Waals surface area contributed by atoms with Gasteiger partial charge in [-0.1, -0.05) is 13.8 Å². The molecule has 0 atom stereocenters. The van der Waals surface area contributed by atoms with E-state index in [-0.39, 0.29) is 11.4 Å². The molecule has 1 N–H and O–H groups in total. The second-order valence-electron chi connectivity index (χ2n) is 6.92. The molecule has 0 saturated carbocycles. The Morgan fingerprint density at radius 2 is 2.07 bits per heavy atom. The van der Waals surface area contributed by atoms with Crippen LogP contribution >= 0.6 is 0 Å². The molecule has 0 aliphatic carbocycles. The summed E-state index contributed by atoms with van der Waals surface area (Å²) >= 11 is 0. The molecular formula is C20H28N4O4. The van der Waals surface area contributed by atoms with E-state index in [2.05, 4.69) is 22.0 Å². The lowest BCUT2D eigenvalue weighted by Crippen LogP contribution is -2.31. The SMILES string of the molecule is CCCOc1c(OCC)cc(-c2n[nH]c3c2CN(CCC)CC3)cc1[N+](=O)[O-]. The third-order valence-corrected chi connectivity index (χ3v) is 4.81. The maximum atomic E-state index is 11.7. The number of nitrogens with zero attached hydrogens (tertiary/aromatic N) is 3. The van der Waals surface area contributed by atoms with E-state index >= 15 is 0 Å². The molecular weight excluding hydrogens is 360 g/mol. The van der Waals surface area contributed by atoms with Gasteiger partial charge in [0.1, 0.15) is 0 Å². The number of rotatable bonds is 9. The molecule has 8 nitrogen and oxygen atoms in total. The number of benzene rings is 1. The van der Waals surface area contributed by atoms with Crippen LogP contribution in [0.4, 0.5) is 5.69 Å². The number of H-pyrrole nitrogens is 1. The molecule has 8 heteroatoms. The maximum Gasteiger partial charge on any atom is 0.315 e. The number of fused-ring (bicyclic) bond motifs is 1. The van der Waals surface area contributed by atoms with Gasteiger partial charge in [0.2, 0.25) is 5.75 Å². The topological polar surface area (TPSA) is 93.5 Å². The van der Waals surface area contributed by atoms with Crippen molar-refractivity contribution in [1.29, 1.82) is 0 Å². The Kier molecular flexibility index (Phi) is 6.51. The van der Waals surface area contributed by atoms with Crippen molar-refractivity contribution in [3.8, 4) is 22.8 Å². The standard InChI is InChI=1S/C20H28N4O4/c1-4-8-23-9-7-16-15(13-23)19(22-21-16)14-11-17(24(25)26)20(28-10-5-2)18(12-14)27-6-3/h11-12H,4-10,13H2,1-3H3,(H,21,22). The highest BCUT2D eigenvalue weighted by atomic mass is 16.6. The zero-order valence-corrected chi connectivity index (χ0v) is 16.8. The molecule has 0 saturated heterocycles. The van der Waals surface area contributed by atoms with Crippen LogP contribution in [0.2, 0.25) is 0 Å². The minimum absolute atomic E-state index is 0.0904. The number of aromatic amines is 1. The predicted molar refractivity (Wildman–Crippen MR) is 107 cm³/mol. The van der Waals surface area contributed by atoms with Gasteiger partial charge in [-0.25, -0.2) is 0 Å². The number of nitrogens with one attached hydrogen (secondary N) is 1. The van der Waals surface area contributed by atoms with E-state index in [1.807, 2.05) is 13.8 Å². The molecule has 2 heterocycles. The average Bonchev–Trinajstić information content (AvgIpc) is 3.10. The van der Waals surface area contributed by atoms with Crippen LogP contribution in [0.1, 0.15) is 44.9 Å². The first kappa shape index (κ1) is 20.1. The van der Waals surface area contributed by atoms with Gasteiger partial charge in [-0.15, -0.1) is 0 Å². The van der Waals surface area contributed by atoms with E-state index in [1.165, 1.54) is 0 Å². The van der Waals surface area contributed by atoms with Crippen molar-refractivity contribution in [3.05, 3.63) is 33.5 Å². The summed E-state index contributed by atoms with van der Waals surface area (Å²) in [6.07, 6.45) is 2.75. The van der Waals surface area contributed by atoms with Gasteiger partial charge in [-0.2, -0.15) is 5.10 Å². The monoisotopic (exact) mass is 388 g/mol. The first-order valence-corrected chi connectivity index (χ1v) is 9.95. The molecule has 0 amide bonds. The second-order valence-corrected chi connectivity index (χ2v) is 6.92. The molecule has 1 aliphatic heterocycles. The summed E-state index contributed by atoms with van der Waals surface area (Å²) in [5.74, 6) is 0.576. The fraction of sp³-hybridized carbons (Fsp3) is 0.550. The summed E-state index contributed by atoms with van der Waals surface area (Å²) in [6, 6.07) is 3.35. The van der Waals surface area contributed by atoms with Crippen LogP contribution in [0, 0.1) is 10.1 Å². The molecule has 0 unspecified atom stereocenters. The largest absolute Gasteiger partial charge is 0.490 e. The fourth-order valence-corrected chi connectivity index (χ4v) is 3.57. The van der Waals surface area contributed by atoms with Gasteiger partial charge in [0.25, 0.3) is 0 Å². The highest BCUT2D eigenvalue weighted by molar-refractivity contribution is 5.73. The van der Waals surface area contributed by atoms with Crippen LogP contribution in [0.15, 0.2) is 12.1 Å². The Morgan fingerprint density at radius 3 is 2.75 bits per heavy atom. The Morgan fingerprint density at radius 1 is 1.25 bits per heavy atom. The van der Waals surface area contributed by atoms with E-state index in [1.54, 1.807) is 12.1 Å². The van der Waals surface area contributed by atoms with Crippen molar-refractivity contribution in [2.45, 2.75) is 46.6 Å². The molecule has 1 aromatic carbocycles. The molecule has 0 fully saturated rings. The Balaban J connectivity index is 2.06. The third kappa shape index (κ3) is 4.11. The van der Waals surface area contributed by atoms with Crippen LogP contribution in [0.5, 0.6) is 11.5 Å². The van der Waals surface area contributed by atoms with Crippen LogP contribution in [0.25, 0.3) is 11.3 Å². The predicted octanol–water partition coefficient (Wildman–Crippen LogP) is 3.94. The molecule has 28 heavy (non-hydrogen) atoms. The molecule has 0 bridgehead atoms. The molecule has 152 valence electrons. The van der Waals surface area contributed by atoms with Crippen molar-refractivity contribution >= 4 is 5.69 Å². The van der Waals surface area contributed by atoms with Crippen LogP contribution in [-0.2, 0) is 13.0 Å². The molecule has 0 spiro atoms. The lowest BCUT2D eigenvalue weighted by Gasteiger charge is -2.26. The smallest absolute Gasteiger partial charge is 0.315 e. The quantitative estimate of drug-likeness (QED) is 0.516. The molecule has 1 aromatic heterocycles. The van der Waals surface area contributed by atoms with Gasteiger partial charge >= 0.3 is 5.69 Å². The number of nitro groups is 1. The summed E-state index contributed by atoms with van der Waals surface area (Å²) in [6.45, 7) is 9.57. The van der Waals surface area contributed by atoms with E-state index in [4.69, 9.17) is 9.47 Å². The van der Waals surface area contributed by atoms with Crippen molar-refractivity contribution in [2.24, 2.45) is 0 Å². The molecule has 3 rings (SSSR count). The van der Waals surface area contributed by atoms with Crippen molar-refractivity contribution in [1.82, 2.24) is 15.1 Å². The number of aromatic nitrogens is 2. The minimum Gasteiger partial charge on any atom is -0.490 e. The molecule has 0 radical (unpaired) electrons.